The van der Waals surface area contributed by atoms with E-state index < -0.39 is 17.7 Å². The van der Waals surface area contributed by atoms with Gasteiger partial charge in [0.25, 0.3) is 11.7 Å². The molecule has 2 aliphatic rings. The smallest absolute Gasteiger partial charge is 0.295 e. The second-order valence-electron chi connectivity index (χ2n) is 9.13. The summed E-state index contributed by atoms with van der Waals surface area (Å²) in [7, 11) is 0. The number of aromatic nitrogens is 1. The van der Waals surface area contributed by atoms with Gasteiger partial charge in [0, 0.05) is 24.5 Å². The van der Waals surface area contributed by atoms with Gasteiger partial charge in [0.05, 0.1) is 24.8 Å². The number of carbonyl (C=O) groups excluding carboxylic acids is 2. The number of nitrogens with zero attached hydrogens (tertiary/aromatic N) is 2. The Morgan fingerprint density at radius 2 is 1.74 bits per heavy atom. The summed E-state index contributed by atoms with van der Waals surface area (Å²) in [4.78, 5) is 32.4. The van der Waals surface area contributed by atoms with E-state index in [2.05, 4.69) is 4.98 Å². The maximum Gasteiger partial charge on any atom is 0.295 e. The molecule has 9 nitrogen and oxygen atoms in total. The number of hydrogen-bond donors (Lipinski definition) is 1. The van der Waals surface area contributed by atoms with E-state index in [1.54, 1.807) is 60.9 Å². The first-order valence-corrected chi connectivity index (χ1v) is 13.0. The molecule has 0 bridgehead atoms. The summed E-state index contributed by atoms with van der Waals surface area (Å²) in [5.41, 5.74) is 1.73. The highest BCUT2D eigenvalue weighted by Crippen LogP contribution is 2.43. The Kier molecular flexibility index (Phi) is 7.67. The summed E-state index contributed by atoms with van der Waals surface area (Å²) in [6, 6.07) is 13.0. The minimum Gasteiger partial charge on any atom is -0.507 e. The van der Waals surface area contributed by atoms with E-state index in [-0.39, 0.29) is 17.9 Å². The van der Waals surface area contributed by atoms with Crippen LogP contribution in [0.5, 0.6) is 23.0 Å². The van der Waals surface area contributed by atoms with Gasteiger partial charge < -0.3 is 29.0 Å². The topological polar surface area (TPSA) is 107 Å². The third-order valence-electron chi connectivity index (χ3n) is 6.50. The Labute approximate surface area is 226 Å². The van der Waals surface area contributed by atoms with Crippen LogP contribution in [-0.2, 0) is 16.1 Å². The van der Waals surface area contributed by atoms with Gasteiger partial charge in [-0.3, -0.25) is 14.6 Å². The van der Waals surface area contributed by atoms with Gasteiger partial charge in [0.2, 0.25) is 0 Å². The number of aliphatic hydroxyl groups excluding tert-OH is 1. The molecule has 2 aliphatic heterocycles. The largest absolute Gasteiger partial charge is 0.507 e. The molecule has 0 saturated carbocycles. The molecule has 1 unspecified atom stereocenters. The Balaban J connectivity index is 1.63. The minimum absolute atomic E-state index is 0.0181. The van der Waals surface area contributed by atoms with Crippen LogP contribution in [0.1, 0.15) is 43.0 Å². The predicted molar refractivity (Wildman–Crippen MR) is 143 cm³/mol. The number of ether oxygens (including phenoxy) is 4. The highest BCUT2D eigenvalue weighted by molar-refractivity contribution is 6.46. The Morgan fingerprint density at radius 1 is 0.974 bits per heavy atom. The number of rotatable bonds is 9. The molecule has 0 radical (unpaired) electrons. The van der Waals surface area contributed by atoms with Gasteiger partial charge in [-0.2, -0.15) is 0 Å². The van der Waals surface area contributed by atoms with Crippen LogP contribution < -0.4 is 18.9 Å². The zero-order chi connectivity index (χ0) is 27.4. The summed E-state index contributed by atoms with van der Waals surface area (Å²) in [5, 5.41) is 11.5. The average molecular weight is 531 g/mol. The number of hydrogen-bond acceptors (Lipinski definition) is 8. The number of benzene rings is 2. The zero-order valence-corrected chi connectivity index (χ0v) is 21.9. The number of ketones is 1. The molecule has 5 rings (SSSR count). The fraction of sp³-hybridized carbons (Fsp3) is 0.300. The van der Waals surface area contributed by atoms with Crippen LogP contribution >= 0.6 is 0 Å². The summed E-state index contributed by atoms with van der Waals surface area (Å²) < 4.78 is 23.0. The Morgan fingerprint density at radius 3 is 2.49 bits per heavy atom. The van der Waals surface area contributed by atoms with E-state index in [0.29, 0.717) is 60.6 Å². The number of likely N-dealkylation sites (tertiary alicyclic amines) is 1. The van der Waals surface area contributed by atoms with Crippen molar-refractivity contribution in [2.24, 2.45) is 0 Å². The molecule has 1 fully saturated rings. The molecule has 2 aromatic carbocycles. The third-order valence-corrected chi connectivity index (χ3v) is 6.50. The molecule has 3 aromatic rings. The lowest BCUT2D eigenvalue weighted by Crippen LogP contribution is -2.29. The van der Waals surface area contributed by atoms with E-state index in [1.807, 2.05) is 13.8 Å². The second-order valence-corrected chi connectivity index (χ2v) is 9.13. The van der Waals surface area contributed by atoms with Crippen molar-refractivity contribution >= 4 is 17.4 Å². The molecule has 0 aliphatic carbocycles. The van der Waals surface area contributed by atoms with Crippen molar-refractivity contribution in [2.75, 3.05) is 26.4 Å². The second kappa shape index (κ2) is 11.5. The van der Waals surface area contributed by atoms with Crippen LogP contribution in [0.3, 0.4) is 0 Å². The van der Waals surface area contributed by atoms with E-state index in [4.69, 9.17) is 18.9 Å². The number of fused-ring (bicyclic) bond motifs is 1. The molecule has 202 valence electrons. The number of amides is 1. The maximum atomic E-state index is 13.5. The van der Waals surface area contributed by atoms with E-state index >= 15 is 0 Å². The average Bonchev–Trinajstić information content (AvgIpc) is 3.21. The molecule has 1 aromatic heterocycles. The highest BCUT2D eigenvalue weighted by Gasteiger charge is 2.46. The van der Waals surface area contributed by atoms with Crippen LogP contribution in [0.15, 0.2) is 66.5 Å². The van der Waals surface area contributed by atoms with Crippen molar-refractivity contribution in [3.8, 4) is 23.0 Å². The predicted octanol–water partition coefficient (Wildman–Crippen LogP) is 4.66. The molecule has 1 N–H and O–H groups in total. The van der Waals surface area contributed by atoms with Gasteiger partial charge in [-0.05, 0) is 66.9 Å². The molecule has 3 heterocycles. The summed E-state index contributed by atoms with van der Waals surface area (Å²) in [6.45, 7) is 5.75. The zero-order valence-electron chi connectivity index (χ0n) is 21.9. The molecular formula is C30H30N2O7. The van der Waals surface area contributed by atoms with Crippen LogP contribution in [0.4, 0.5) is 0 Å². The fourth-order valence-corrected chi connectivity index (χ4v) is 4.71. The summed E-state index contributed by atoms with van der Waals surface area (Å²) in [5.74, 6) is 0.306. The first-order chi connectivity index (χ1) is 19.0. The van der Waals surface area contributed by atoms with Crippen LogP contribution in [0.25, 0.3) is 5.76 Å². The number of Topliss-reactive ketones (excluding diaryl/α,β-unsaturated/α-hetero) is 1. The van der Waals surface area contributed by atoms with Crippen LogP contribution in [0.2, 0.25) is 0 Å². The number of pyridine rings is 1. The fourth-order valence-electron chi connectivity index (χ4n) is 4.71. The molecule has 1 saturated heterocycles. The number of aliphatic hydroxyl groups is 1. The lowest BCUT2D eigenvalue weighted by atomic mass is 9.94. The van der Waals surface area contributed by atoms with Crippen molar-refractivity contribution in [3.63, 3.8) is 0 Å². The molecule has 39 heavy (non-hydrogen) atoms. The maximum absolute atomic E-state index is 13.5. The van der Waals surface area contributed by atoms with Crippen LogP contribution in [0, 0.1) is 0 Å². The third kappa shape index (κ3) is 5.25. The van der Waals surface area contributed by atoms with Gasteiger partial charge in [-0.1, -0.05) is 13.0 Å². The van der Waals surface area contributed by atoms with Crippen LogP contribution in [-0.4, -0.2) is 53.1 Å². The monoisotopic (exact) mass is 530 g/mol. The SMILES string of the molecule is CCCOc1ccc(C2/C(=C(/O)c3ccc4c(c3)OCCO4)C(=O)C(=O)N2Cc2ccncc2)cc1OCC. The molecule has 0 spiro atoms. The Hall–Kier alpha value is -4.53. The summed E-state index contributed by atoms with van der Waals surface area (Å²) >= 11 is 0. The van der Waals surface area contributed by atoms with E-state index in [0.717, 1.165) is 12.0 Å². The molecule has 1 atom stereocenters. The van der Waals surface area contributed by atoms with Gasteiger partial charge in [0.15, 0.2) is 23.0 Å². The van der Waals surface area contributed by atoms with Gasteiger partial charge in [-0.15, -0.1) is 0 Å². The van der Waals surface area contributed by atoms with E-state index in [1.165, 1.54) is 4.90 Å². The molecular weight excluding hydrogens is 500 g/mol. The first kappa shape index (κ1) is 26.1. The van der Waals surface area contributed by atoms with Crippen molar-refractivity contribution in [3.05, 3.63) is 83.2 Å². The van der Waals surface area contributed by atoms with Crippen molar-refractivity contribution in [1.29, 1.82) is 0 Å². The number of carbonyl (C=O) groups is 2. The molecule has 9 heteroatoms. The quantitative estimate of drug-likeness (QED) is 0.242. The lowest BCUT2D eigenvalue weighted by Gasteiger charge is -2.26. The normalized spacial score (nSPS) is 17.8. The van der Waals surface area contributed by atoms with Gasteiger partial charge >= 0.3 is 0 Å². The Bertz CT molecular complexity index is 1400. The van der Waals surface area contributed by atoms with Crippen molar-refractivity contribution in [2.45, 2.75) is 32.9 Å². The first-order valence-electron chi connectivity index (χ1n) is 13.0. The standard InChI is InChI=1S/C30H30N2O7/c1-3-13-37-22-7-5-20(16-24(22)36-4-2)27-26(28(33)21-6-8-23-25(17-21)39-15-14-38-23)29(34)30(35)32(27)18-19-9-11-31-12-10-19/h5-12,16-17,27,33H,3-4,13-15,18H2,1-2H3/b28-26-. The van der Waals surface area contributed by atoms with Gasteiger partial charge in [-0.25, -0.2) is 0 Å². The van der Waals surface area contributed by atoms with Crippen molar-refractivity contribution in [1.82, 2.24) is 9.88 Å². The molecule has 1 amide bonds. The minimum atomic E-state index is -0.870. The lowest BCUT2D eigenvalue weighted by molar-refractivity contribution is -0.140. The van der Waals surface area contributed by atoms with Gasteiger partial charge in [0.1, 0.15) is 19.0 Å². The summed E-state index contributed by atoms with van der Waals surface area (Å²) in [6.07, 6.45) is 4.08. The van der Waals surface area contributed by atoms with E-state index in [9.17, 15) is 14.7 Å². The van der Waals surface area contributed by atoms with Crippen molar-refractivity contribution < 1.29 is 33.6 Å². The highest BCUT2D eigenvalue weighted by atomic mass is 16.6.